The highest BCUT2D eigenvalue weighted by molar-refractivity contribution is 6.45. The van der Waals surface area contributed by atoms with Gasteiger partial charge in [0.15, 0.2) is 0 Å². The van der Waals surface area contributed by atoms with E-state index in [4.69, 9.17) is 69.6 Å². The molecule has 2 nitrogen and oxygen atoms in total. The Bertz CT molecular complexity index is 644. The molecule has 8 heteroatoms. The van der Waals surface area contributed by atoms with Gasteiger partial charge in [-0.05, 0) is 12.1 Å². The molecule has 2 N–H and O–H groups in total. The van der Waals surface area contributed by atoms with Crippen LogP contribution >= 0.6 is 69.6 Å². The molecule has 2 rings (SSSR count). The van der Waals surface area contributed by atoms with E-state index in [-0.39, 0.29) is 52.8 Å². The van der Waals surface area contributed by atoms with Gasteiger partial charge in [-0.3, -0.25) is 0 Å². The van der Waals surface area contributed by atoms with Crippen LogP contribution in [-0.4, -0.2) is 10.2 Å². The minimum Gasteiger partial charge on any atom is -0.506 e. The maximum atomic E-state index is 10.2. The van der Waals surface area contributed by atoms with Gasteiger partial charge in [0.1, 0.15) is 11.5 Å². The minimum atomic E-state index is -0.660. The van der Waals surface area contributed by atoms with E-state index in [1.807, 2.05) is 0 Å². The maximum absolute atomic E-state index is 10.2. The summed E-state index contributed by atoms with van der Waals surface area (Å²) < 4.78 is 0. The van der Waals surface area contributed by atoms with Crippen LogP contribution in [0.5, 0.6) is 11.5 Å². The highest BCUT2D eigenvalue weighted by Gasteiger charge is 2.27. The van der Waals surface area contributed by atoms with Crippen molar-refractivity contribution in [2.75, 3.05) is 0 Å². The number of hydrogen-bond donors (Lipinski definition) is 2. The Morgan fingerprint density at radius 2 is 1.00 bits per heavy atom. The SMILES string of the molecule is CC(c1c(O)c(Cl)cc(Cl)c1Cl)c1c(O)c(Cl)cc(Cl)c1Cl. The number of aromatic hydroxyl groups is 2. The lowest BCUT2D eigenvalue weighted by atomic mass is 9.91. The summed E-state index contributed by atoms with van der Waals surface area (Å²) in [5.41, 5.74) is 0.435. The Morgan fingerprint density at radius 3 is 1.32 bits per heavy atom. The predicted molar refractivity (Wildman–Crippen MR) is 93.8 cm³/mol. The van der Waals surface area contributed by atoms with Crippen molar-refractivity contribution in [3.63, 3.8) is 0 Å². The van der Waals surface area contributed by atoms with Crippen LogP contribution in [0.15, 0.2) is 12.1 Å². The molecule has 0 fully saturated rings. The van der Waals surface area contributed by atoms with Crippen LogP contribution in [0, 0.1) is 0 Å². The highest BCUT2D eigenvalue weighted by atomic mass is 35.5. The van der Waals surface area contributed by atoms with E-state index in [2.05, 4.69) is 0 Å². The molecule has 0 saturated heterocycles. The molecule has 0 atom stereocenters. The number of benzene rings is 2. The van der Waals surface area contributed by atoms with Gasteiger partial charge in [0.25, 0.3) is 0 Å². The van der Waals surface area contributed by atoms with Crippen LogP contribution in [0.1, 0.15) is 24.0 Å². The van der Waals surface area contributed by atoms with E-state index < -0.39 is 5.92 Å². The fourth-order valence-corrected chi connectivity index (χ4v) is 3.71. The molecule has 0 radical (unpaired) electrons. The standard InChI is InChI=1S/C14H8Cl6O2/c1-4(9-11(19)5(15)2-7(17)13(9)21)10-12(20)6(16)3-8(18)14(10)22/h2-4,21-22H,1H3. The summed E-state index contributed by atoms with van der Waals surface area (Å²) in [6, 6.07) is 2.65. The highest BCUT2D eigenvalue weighted by Crippen LogP contribution is 2.50. The van der Waals surface area contributed by atoms with Gasteiger partial charge in [-0.2, -0.15) is 0 Å². The zero-order chi connectivity index (χ0) is 16.8. The third-order valence-corrected chi connectivity index (χ3v) is 5.41. The zero-order valence-corrected chi connectivity index (χ0v) is 15.4. The number of rotatable bonds is 2. The average molecular weight is 421 g/mol. The molecular weight excluding hydrogens is 413 g/mol. The molecule has 0 spiro atoms. The largest absolute Gasteiger partial charge is 0.506 e. The van der Waals surface area contributed by atoms with E-state index in [1.165, 1.54) is 12.1 Å². The van der Waals surface area contributed by atoms with Crippen molar-refractivity contribution < 1.29 is 10.2 Å². The smallest absolute Gasteiger partial charge is 0.139 e. The lowest BCUT2D eigenvalue weighted by molar-refractivity contribution is 0.457. The molecule has 0 amide bonds. The fourth-order valence-electron chi connectivity index (χ4n) is 2.14. The van der Waals surface area contributed by atoms with E-state index in [0.29, 0.717) is 0 Å². The minimum absolute atomic E-state index is 0.0278. The van der Waals surface area contributed by atoms with E-state index in [0.717, 1.165) is 0 Å². The van der Waals surface area contributed by atoms with Crippen LogP contribution in [0.3, 0.4) is 0 Å². The van der Waals surface area contributed by atoms with Gasteiger partial charge in [0.05, 0.1) is 30.1 Å². The quantitative estimate of drug-likeness (QED) is 0.505. The van der Waals surface area contributed by atoms with Crippen molar-refractivity contribution in [3.05, 3.63) is 53.4 Å². The van der Waals surface area contributed by atoms with Gasteiger partial charge in [-0.15, -0.1) is 0 Å². The van der Waals surface area contributed by atoms with Crippen LogP contribution in [0.2, 0.25) is 30.1 Å². The van der Waals surface area contributed by atoms with Gasteiger partial charge in [-0.25, -0.2) is 0 Å². The molecule has 0 aliphatic rings. The van der Waals surface area contributed by atoms with Gasteiger partial charge in [0.2, 0.25) is 0 Å². The van der Waals surface area contributed by atoms with Gasteiger partial charge in [-0.1, -0.05) is 76.5 Å². The zero-order valence-electron chi connectivity index (χ0n) is 10.9. The Balaban J connectivity index is 2.77. The second-order valence-corrected chi connectivity index (χ2v) is 6.94. The average Bonchev–Trinajstić information content (AvgIpc) is 2.44. The van der Waals surface area contributed by atoms with Crippen LogP contribution in [0.4, 0.5) is 0 Å². The van der Waals surface area contributed by atoms with E-state index in [9.17, 15) is 10.2 Å². The molecule has 118 valence electrons. The van der Waals surface area contributed by atoms with Crippen molar-refractivity contribution in [1.82, 2.24) is 0 Å². The molecule has 0 aliphatic carbocycles. The van der Waals surface area contributed by atoms with Crippen molar-refractivity contribution in [2.45, 2.75) is 12.8 Å². The summed E-state index contributed by atoms with van der Waals surface area (Å²) in [6.07, 6.45) is 0. The van der Waals surface area contributed by atoms with Gasteiger partial charge >= 0.3 is 0 Å². The summed E-state index contributed by atoms with van der Waals surface area (Å²) in [5, 5.41) is 21.0. The first-order chi connectivity index (χ1) is 10.2. The maximum Gasteiger partial charge on any atom is 0.139 e. The van der Waals surface area contributed by atoms with Gasteiger partial charge in [0, 0.05) is 17.0 Å². The lowest BCUT2D eigenvalue weighted by Gasteiger charge is -2.20. The summed E-state index contributed by atoms with van der Waals surface area (Å²) in [5.74, 6) is -1.17. The van der Waals surface area contributed by atoms with Gasteiger partial charge < -0.3 is 10.2 Å². The molecule has 0 aromatic heterocycles. The summed E-state index contributed by atoms with van der Waals surface area (Å²) in [7, 11) is 0. The first-order valence-corrected chi connectivity index (χ1v) is 8.16. The predicted octanol–water partition coefficient (Wildman–Crippen LogP) is 7.17. The fraction of sp³-hybridized carbons (Fsp3) is 0.143. The monoisotopic (exact) mass is 418 g/mol. The third kappa shape index (κ3) is 3.06. The van der Waals surface area contributed by atoms with Crippen LogP contribution in [-0.2, 0) is 0 Å². The van der Waals surface area contributed by atoms with Crippen LogP contribution in [0.25, 0.3) is 0 Å². The third-order valence-electron chi connectivity index (χ3n) is 3.23. The van der Waals surface area contributed by atoms with E-state index >= 15 is 0 Å². The molecule has 0 saturated carbocycles. The second-order valence-electron chi connectivity index (χ2n) is 4.55. The molecule has 22 heavy (non-hydrogen) atoms. The van der Waals surface area contributed by atoms with Crippen molar-refractivity contribution in [2.24, 2.45) is 0 Å². The molecule has 2 aromatic rings. The Morgan fingerprint density at radius 1 is 0.682 bits per heavy atom. The first-order valence-electron chi connectivity index (χ1n) is 5.89. The lowest BCUT2D eigenvalue weighted by Crippen LogP contribution is -2.01. The van der Waals surface area contributed by atoms with Crippen molar-refractivity contribution in [3.8, 4) is 11.5 Å². The summed E-state index contributed by atoms with van der Waals surface area (Å²) in [6.45, 7) is 1.65. The van der Waals surface area contributed by atoms with Crippen molar-refractivity contribution >= 4 is 69.6 Å². The number of phenolic OH excluding ortho intramolecular Hbond substituents is 2. The normalized spacial score (nSPS) is 11.3. The number of halogens is 6. The molecule has 0 unspecified atom stereocenters. The van der Waals surface area contributed by atoms with Crippen molar-refractivity contribution in [1.29, 1.82) is 0 Å². The Kier molecular flexibility index (Phi) is 5.54. The Labute approximate surface area is 157 Å². The van der Waals surface area contributed by atoms with E-state index in [1.54, 1.807) is 6.92 Å². The molecule has 0 heterocycles. The second kappa shape index (κ2) is 6.72. The summed E-state index contributed by atoms with van der Waals surface area (Å²) in [4.78, 5) is 0. The molecular formula is C14H8Cl6O2. The molecule has 0 aliphatic heterocycles. The Hall–Kier alpha value is -0.220. The molecule has 0 bridgehead atoms. The molecule has 2 aromatic carbocycles. The number of phenols is 2. The first kappa shape index (κ1) is 18.1. The summed E-state index contributed by atoms with van der Waals surface area (Å²) >= 11 is 36.1. The number of hydrogen-bond acceptors (Lipinski definition) is 2. The topological polar surface area (TPSA) is 40.5 Å². The van der Waals surface area contributed by atoms with Crippen LogP contribution < -0.4 is 0 Å².